The van der Waals surface area contributed by atoms with Crippen LogP contribution in [0.4, 0.5) is 5.69 Å². The largest absolute Gasteiger partial charge is 0.326 e. The van der Waals surface area contributed by atoms with Gasteiger partial charge in [0.15, 0.2) is 0 Å². The standard InChI is InChI=1S/C15H22N2O/c1-4-16-11(3)12-6-5-7-13(9-12)17-15(18)14-8-10(14)2/h5-7,9-11,14,16H,4,8H2,1-3H3,(H,17,18). The quantitative estimate of drug-likeness (QED) is 0.838. The third-order valence-electron chi connectivity index (χ3n) is 3.61. The highest BCUT2D eigenvalue weighted by Gasteiger charge is 2.39. The molecule has 1 fully saturated rings. The van der Waals surface area contributed by atoms with E-state index in [9.17, 15) is 4.79 Å². The van der Waals surface area contributed by atoms with Gasteiger partial charge in [-0.15, -0.1) is 0 Å². The Labute approximate surface area is 109 Å². The average Bonchev–Trinajstić information content (AvgIpc) is 3.07. The molecule has 0 heterocycles. The van der Waals surface area contributed by atoms with Gasteiger partial charge in [0.1, 0.15) is 0 Å². The summed E-state index contributed by atoms with van der Waals surface area (Å²) in [5.74, 6) is 0.935. The van der Waals surface area contributed by atoms with Crippen molar-refractivity contribution in [3.8, 4) is 0 Å². The van der Waals surface area contributed by atoms with Gasteiger partial charge >= 0.3 is 0 Å². The van der Waals surface area contributed by atoms with Crippen molar-refractivity contribution in [3.05, 3.63) is 29.8 Å². The molecule has 1 aliphatic carbocycles. The molecule has 2 rings (SSSR count). The molecule has 0 aromatic heterocycles. The molecule has 1 aromatic carbocycles. The summed E-state index contributed by atoms with van der Waals surface area (Å²) < 4.78 is 0. The first-order valence-electron chi connectivity index (χ1n) is 6.76. The van der Waals surface area contributed by atoms with Crippen molar-refractivity contribution >= 4 is 11.6 Å². The van der Waals surface area contributed by atoms with Gasteiger partial charge in [0.25, 0.3) is 0 Å². The molecular formula is C15H22N2O. The molecule has 3 nitrogen and oxygen atoms in total. The number of benzene rings is 1. The lowest BCUT2D eigenvalue weighted by Gasteiger charge is -2.14. The minimum Gasteiger partial charge on any atom is -0.326 e. The molecular weight excluding hydrogens is 224 g/mol. The summed E-state index contributed by atoms with van der Waals surface area (Å²) in [6.45, 7) is 7.29. The molecule has 3 unspecified atom stereocenters. The number of anilines is 1. The Bertz CT molecular complexity index is 430. The first kappa shape index (κ1) is 13.1. The molecule has 0 bridgehead atoms. The van der Waals surface area contributed by atoms with E-state index in [0.717, 1.165) is 18.7 Å². The molecule has 0 radical (unpaired) electrons. The van der Waals surface area contributed by atoms with E-state index in [1.807, 2.05) is 12.1 Å². The van der Waals surface area contributed by atoms with Crippen molar-refractivity contribution in [2.24, 2.45) is 11.8 Å². The van der Waals surface area contributed by atoms with Gasteiger partial charge in [-0.1, -0.05) is 26.0 Å². The van der Waals surface area contributed by atoms with E-state index >= 15 is 0 Å². The van der Waals surface area contributed by atoms with Crippen molar-refractivity contribution in [2.75, 3.05) is 11.9 Å². The molecule has 1 aromatic rings. The van der Waals surface area contributed by atoms with Crippen LogP contribution in [0.2, 0.25) is 0 Å². The monoisotopic (exact) mass is 246 g/mol. The van der Waals surface area contributed by atoms with Gasteiger partial charge < -0.3 is 10.6 Å². The van der Waals surface area contributed by atoms with Crippen LogP contribution in [0.5, 0.6) is 0 Å². The van der Waals surface area contributed by atoms with Gasteiger partial charge in [0, 0.05) is 17.6 Å². The van der Waals surface area contributed by atoms with Crippen molar-refractivity contribution in [1.29, 1.82) is 0 Å². The zero-order valence-corrected chi connectivity index (χ0v) is 11.4. The Morgan fingerprint density at radius 3 is 2.83 bits per heavy atom. The minimum atomic E-state index is 0.163. The molecule has 1 amide bonds. The average molecular weight is 246 g/mol. The zero-order chi connectivity index (χ0) is 13.1. The van der Waals surface area contributed by atoms with Crippen LogP contribution < -0.4 is 10.6 Å². The predicted octanol–water partition coefficient (Wildman–Crippen LogP) is 2.95. The second kappa shape index (κ2) is 5.53. The number of hydrogen-bond acceptors (Lipinski definition) is 2. The SMILES string of the molecule is CCNC(C)c1cccc(NC(=O)C2CC2C)c1. The fraction of sp³-hybridized carbons (Fsp3) is 0.533. The fourth-order valence-electron chi connectivity index (χ4n) is 2.23. The second-order valence-corrected chi connectivity index (χ2v) is 5.21. The maximum atomic E-state index is 11.9. The van der Waals surface area contributed by atoms with Crippen LogP contribution in [0.1, 0.15) is 38.8 Å². The van der Waals surface area contributed by atoms with Crippen LogP contribution in [0.15, 0.2) is 24.3 Å². The molecule has 1 aliphatic rings. The lowest BCUT2D eigenvalue weighted by atomic mass is 10.1. The van der Waals surface area contributed by atoms with E-state index in [-0.39, 0.29) is 11.8 Å². The summed E-state index contributed by atoms with van der Waals surface area (Å²) in [4.78, 5) is 11.9. The third kappa shape index (κ3) is 3.10. The van der Waals surface area contributed by atoms with Crippen LogP contribution in [-0.2, 0) is 4.79 Å². The normalized spacial score (nSPS) is 23.5. The molecule has 0 spiro atoms. The van der Waals surface area contributed by atoms with E-state index in [0.29, 0.717) is 12.0 Å². The highest BCUT2D eigenvalue weighted by Crippen LogP contribution is 2.38. The summed E-state index contributed by atoms with van der Waals surface area (Å²) in [6, 6.07) is 8.40. The predicted molar refractivity (Wildman–Crippen MR) is 74.4 cm³/mol. The van der Waals surface area contributed by atoms with Crippen LogP contribution in [0.3, 0.4) is 0 Å². The summed E-state index contributed by atoms with van der Waals surface area (Å²) in [6.07, 6.45) is 1.03. The number of amides is 1. The molecule has 3 heteroatoms. The highest BCUT2D eigenvalue weighted by atomic mass is 16.2. The summed E-state index contributed by atoms with van der Waals surface area (Å²) in [5, 5.41) is 6.38. The molecule has 3 atom stereocenters. The molecule has 18 heavy (non-hydrogen) atoms. The number of nitrogens with one attached hydrogen (secondary N) is 2. The van der Waals surface area contributed by atoms with Gasteiger partial charge in [-0.25, -0.2) is 0 Å². The van der Waals surface area contributed by atoms with Gasteiger partial charge in [-0.2, -0.15) is 0 Å². The fourth-order valence-corrected chi connectivity index (χ4v) is 2.23. The van der Waals surface area contributed by atoms with Crippen LogP contribution in [0.25, 0.3) is 0 Å². The first-order chi connectivity index (χ1) is 8.61. The molecule has 1 saturated carbocycles. The maximum Gasteiger partial charge on any atom is 0.227 e. The summed E-state index contributed by atoms with van der Waals surface area (Å²) in [5.41, 5.74) is 2.11. The van der Waals surface area contributed by atoms with Crippen LogP contribution in [0, 0.1) is 11.8 Å². The Morgan fingerprint density at radius 2 is 2.22 bits per heavy atom. The van der Waals surface area contributed by atoms with Gasteiger partial charge in [-0.3, -0.25) is 4.79 Å². The smallest absolute Gasteiger partial charge is 0.227 e. The van der Waals surface area contributed by atoms with E-state index in [4.69, 9.17) is 0 Å². The van der Waals surface area contributed by atoms with Gasteiger partial charge in [0.05, 0.1) is 0 Å². The van der Waals surface area contributed by atoms with Crippen molar-refractivity contribution in [3.63, 3.8) is 0 Å². The second-order valence-electron chi connectivity index (χ2n) is 5.21. The summed E-state index contributed by atoms with van der Waals surface area (Å²) >= 11 is 0. The van der Waals surface area contributed by atoms with Crippen molar-refractivity contribution in [2.45, 2.75) is 33.2 Å². The number of carbonyl (C=O) groups excluding carboxylic acids is 1. The lowest BCUT2D eigenvalue weighted by Crippen LogP contribution is -2.18. The molecule has 98 valence electrons. The minimum absolute atomic E-state index is 0.163. The Morgan fingerprint density at radius 1 is 1.50 bits per heavy atom. The zero-order valence-electron chi connectivity index (χ0n) is 11.4. The Hall–Kier alpha value is -1.35. The summed E-state index contributed by atoms with van der Waals surface area (Å²) in [7, 11) is 0. The van der Waals surface area contributed by atoms with Crippen molar-refractivity contribution in [1.82, 2.24) is 5.32 Å². The lowest BCUT2D eigenvalue weighted by molar-refractivity contribution is -0.117. The molecule has 0 aliphatic heterocycles. The topological polar surface area (TPSA) is 41.1 Å². The van der Waals surface area contributed by atoms with Crippen LogP contribution in [-0.4, -0.2) is 12.5 Å². The highest BCUT2D eigenvalue weighted by molar-refractivity contribution is 5.94. The third-order valence-corrected chi connectivity index (χ3v) is 3.61. The van der Waals surface area contributed by atoms with Gasteiger partial charge in [0.2, 0.25) is 5.91 Å². The van der Waals surface area contributed by atoms with Crippen molar-refractivity contribution < 1.29 is 4.79 Å². The van der Waals surface area contributed by atoms with E-state index in [1.165, 1.54) is 5.56 Å². The van der Waals surface area contributed by atoms with Crippen LogP contribution >= 0.6 is 0 Å². The van der Waals surface area contributed by atoms with E-state index in [2.05, 4.69) is 43.5 Å². The number of rotatable bonds is 5. The first-order valence-corrected chi connectivity index (χ1v) is 6.76. The maximum absolute atomic E-state index is 11.9. The Balaban J connectivity index is 2.00. The number of carbonyl (C=O) groups is 1. The molecule has 0 saturated heterocycles. The Kier molecular flexibility index (Phi) is 4.02. The van der Waals surface area contributed by atoms with E-state index in [1.54, 1.807) is 0 Å². The van der Waals surface area contributed by atoms with E-state index < -0.39 is 0 Å². The van der Waals surface area contributed by atoms with Gasteiger partial charge in [-0.05, 0) is 43.5 Å². The number of hydrogen-bond donors (Lipinski definition) is 2. The molecule has 2 N–H and O–H groups in total.